The molecule has 122 valence electrons. The number of nitrogens with zero attached hydrogens (tertiary/aromatic N) is 1. The second kappa shape index (κ2) is 7.58. The normalized spacial score (nSPS) is 11.9. The van der Waals surface area contributed by atoms with Crippen LogP contribution in [-0.4, -0.2) is 28.2 Å². The van der Waals surface area contributed by atoms with Gasteiger partial charge in [0, 0.05) is 5.56 Å². The molecule has 1 aromatic heterocycles. The number of aliphatic carboxylic acids is 1. The van der Waals surface area contributed by atoms with Gasteiger partial charge in [-0.25, -0.2) is 4.79 Å². The van der Waals surface area contributed by atoms with Gasteiger partial charge in [-0.1, -0.05) is 55.3 Å². The summed E-state index contributed by atoms with van der Waals surface area (Å²) in [5, 5.41) is 15.8. The van der Waals surface area contributed by atoms with E-state index in [4.69, 9.17) is 4.52 Å². The molecule has 1 heterocycles. The number of aryl methyl sites for hydroxylation is 1. The molecular formula is C17H20N2O4. The molecule has 0 aliphatic heterocycles. The lowest BCUT2D eigenvalue weighted by Gasteiger charge is -2.14. The average Bonchev–Trinajstić information content (AvgIpc) is 2.93. The Labute approximate surface area is 134 Å². The highest BCUT2D eigenvalue weighted by molar-refractivity contribution is 6.02. The van der Waals surface area contributed by atoms with E-state index < -0.39 is 17.9 Å². The summed E-state index contributed by atoms with van der Waals surface area (Å²) >= 11 is 0. The molecule has 6 nitrogen and oxygen atoms in total. The number of nitrogens with one attached hydrogen (secondary N) is 1. The first kappa shape index (κ1) is 16.7. The molecule has 0 radical (unpaired) electrons. The highest BCUT2D eigenvalue weighted by atomic mass is 16.5. The molecule has 0 aliphatic rings. The Hall–Kier alpha value is -2.63. The number of rotatable bonds is 7. The predicted octanol–water partition coefficient (Wildman–Crippen LogP) is 3.02. The molecule has 0 fully saturated rings. The van der Waals surface area contributed by atoms with Crippen LogP contribution in [0.3, 0.4) is 0 Å². The molecule has 1 unspecified atom stereocenters. The molecule has 0 aliphatic carbocycles. The van der Waals surface area contributed by atoms with Crippen LogP contribution in [0.2, 0.25) is 0 Å². The summed E-state index contributed by atoms with van der Waals surface area (Å²) in [6.45, 7) is 3.61. The minimum atomic E-state index is -1.04. The zero-order chi connectivity index (χ0) is 16.8. The minimum absolute atomic E-state index is 0.277. The quantitative estimate of drug-likeness (QED) is 0.819. The van der Waals surface area contributed by atoms with Crippen molar-refractivity contribution < 1.29 is 19.2 Å². The maximum absolute atomic E-state index is 12.5. The maximum Gasteiger partial charge on any atom is 0.326 e. The first-order chi connectivity index (χ1) is 11.0. The van der Waals surface area contributed by atoms with Crippen LogP contribution in [0.1, 0.15) is 42.3 Å². The molecule has 2 N–H and O–H groups in total. The van der Waals surface area contributed by atoms with Gasteiger partial charge in [0.15, 0.2) is 0 Å². The molecule has 1 amide bonds. The van der Waals surface area contributed by atoms with Crippen molar-refractivity contribution in [2.75, 3.05) is 0 Å². The molecular weight excluding hydrogens is 296 g/mol. The van der Waals surface area contributed by atoms with Gasteiger partial charge in [0.1, 0.15) is 23.1 Å². The topological polar surface area (TPSA) is 92.4 Å². The van der Waals surface area contributed by atoms with Gasteiger partial charge in [-0.2, -0.15) is 0 Å². The molecule has 0 bridgehead atoms. The Bertz CT molecular complexity index is 679. The van der Waals surface area contributed by atoms with Crippen LogP contribution in [0.5, 0.6) is 0 Å². The van der Waals surface area contributed by atoms with Gasteiger partial charge in [0.05, 0.1) is 0 Å². The van der Waals surface area contributed by atoms with E-state index >= 15 is 0 Å². The van der Waals surface area contributed by atoms with Crippen molar-refractivity contribution in [2.45, 2.75) is 39.2 Å². The fourth-order valence-electron chi connectivity index (χ4n) is 2.33. The molecule has 2 aromatic rings. The van der Waals surface area contributed by atoms with Crippen molar-refractivity contribution in [3.63, 3.8) is 0 Å². The third kappa shape index (κ3) is 3.97. The molecule has 2 rings (SSSR count). The Morgan fingerprint density at radius 2 is 2.00 bits per heavy atom. The van der Waals surface area contributed by atoms with Gasteiger partial charge in [0.25, 0.3) is 5.91 Å². The highest BCUT2D eigenvalue weighted by Crippen LogP contribution is 2.25. The van der Waals surface area contributed by atoms with Crippen LogP contribution in [-0.2, 0) is 4.79 Å². The lowest BCUT2D eigenvalue weighted by Crippen LogP contribution is -2.41. The number of amides is 1. The number of carbonyl (C=O) groups is 2. The summed E-state index contributed by atoms with van der Waals surface area (Å²) in [5.74, 6) is -1.16. The number of unbranched alkanes of at least 4 members (excludes halogenated alkanes) is 1. The summed E-state index contributed by atoms with van der Waals surface area (Å²) in [5.41, 5.74) is 1.44. The number of carboxylic acids is 1. The molecule has 1 aromatic carbocycles. The lowest BCUT2D eigenvalue weighted by molar-refractivity contribution is -0.139. The maximum atomic E-state index is 12.5. The summed E-state index contributed by atoms with van der Waals surface area (Å²) in [6.07, 6.45) is 1.98. The summed E-state index contributed by atoms with van der Waals surface area (Å²) < 4.78 is 5.14. The summed E-state index contributed by atoms with van der Waals surface area (Å²) in [7, 11) is 0. The van der Waals surface area contributed by atoms with E-state index in [1.165, 1.54) is 0 Å². The zero-order valence-corrected chi connectivity index (χ0v) is 13.2. The fraction of sp³-hybridized carbons (Fsp3) is 0.353. The van der Waals surface area contributed by atoms with Crippen LogP contribution < -0.4 is 5.32 Å². The van der Waals surface area contributed by atoms with E-state index in [2.05, 4.69) is 10.5 Å². The molecule has 6 heteroatoms. The van der Waals surface area contributed by atoms with Gasteiger partial charge in [0.2, 0.25) is 0 Å². The van der Waals surface area contributed by atoms with E-state index in [1.807, 2.05) is 37.3 Å². The second-order valence-electron chi connectivity index (χ2n) is 5.33. The fourth-order valence-corrected chi connectivity index (χ4v) is 2.33. The lowest BCUT2D eigenvalue weighted by atomic mass is 10.0. The molecule has 0 saturated carbocycles. The van der Waals surface area contributed by atoms with Crippen LogP contribution in [0, 0.1) is 6.92 Å². The van der Waals surface area contributed by atoms with Gasteiger partial charge >= 0.3 is 5.97 Å². The van der Waals surface area contributed by atoms with Crippen molar-refractivity contribution in [1.29, 1.82) is 0 Å². The van der Waals surface area contributed by atoms with Gasteiger partial charge < -0.3 is 14.9 Å². The number of carbonyl (C=O) groups excluding carboxylic acids is 1. The first-order valence-corrected chi connectivity index (χ1v) is 7.60. The Morgan fingerprint density at radius 1 is 1.30 bits per heavy atom. The zero-order valence-electron chi connectivity index (χ0n) is 13.2. The van der Waals surface area contributed by atoms with Crippen molar-refractivity contribution in [1.82, 2.24) is 10.5 Å². The second-order valence-corrected chi connectivity index (χ2v) is 5.33. The van der Waals surface area contributed by atoms with Crippen molar-refractivity contribution in [2.24, 2.45) is 0 Å². The SMILES string of the molecule is CCCCC(NC(=O)c1c(-c2ccccc2)noc1C)C(=O)O. The number of carboxylic acid groups (broad SMARTS) is 1. The number of hydrogen-bond acceptors (Lipinski definition) is 4. The minimum Gasteiger partial charge on any atom is -0.480 e. The Kier molecular flexibility index (Phi) is 5.51. The first-order valence-electron chi connectivity index (χ1n) is 7.60. The Balaban J connectivity index is 2.26. The van der Waals surface area contributed by atoms with Crippen molar-refractivity contribution >= 4 is 11.9 Å². The third-order valence-corrected chi connectivity index (χ3v) is 3.59. The Morgan fingerprint density at radius 3 is 2.61 bits per heavy atom. The molecule has 0 spiro atoms. The van der Waals surface area contributed by atoms with E-state index in [0.29, 0.717) is 17.9 Å². The number of aromatic nitrogens is 1. The standard InChI is InChI=1S/C17H20N2O4/c1-3-4-10-13(17(21)22)18-16(20)14-11(2)23-19-15(14)12-8-6-5-7-9-12/h5-9,13H,3-4,10H2,1-2H3,(H,18,20)(H,21,22). The summed E-state index contributed by atoms with van der Waals surface area (Å²) in [4.78, 5) is 23.8. The molecule has 0 saturated heterocycles. The smallest absolute Gasteiger partial charge is 0.326 e. The third-order valence-electron chi connectivity index (χ3n) is 3.59. The molecule has 1 atom stereocenters. The van der Waals surface area contributed by atoms with Crippen molar-refractivity contribution in [3.05, 3.63) is 41.7 Å². The van der Waals surface area contributed by atoms with Crippen LogP contribution in [0.15, 0.2) is 34.9 Å². The number of benzene rings is 1. The van der Waals surface area contributed by atoms with Crippen molar-refractivity contribution in [3.8, 4) is 11.3 Å². The molecule has 23 heavy (non-hydrogen) atoms. The van der Waals surface area contributed by atoms with Crippen LogP contribution >= 0.6 is 0 Å². The summed E-state index contributed by atoms with van der Waals surface area (Å²) in [6, 6.07) is 8.26. The van der Waals surface area contributed by atoms with E-state index in [1.54, 1.807) is 6.92 Å². The van der Waals surface area contributed by atoms with E-state index in [0.717, 1.165) is 18.4 Å². The van der Waals surface area contributed by atoms with Gasteiger partial charge in [-0.3, -0.25) is 4.79 Å². The van der Waals surface area contributed by atoms with Crippen LogP contribution in [0.25, 0.3) is 11.3 Å². The largest absolute Gasteiger partial charge is 0.480 e. The number of hydrogen-bond donors (Lipinski definition) is 2. The van der Waals surface area contributed by atoms with Gasteiger partial charge in [-0.05, 0) is 13.3 Å². The van der Waals surface area contributed by atoms with E-state index in [9.17, 15) is 14.7 Å². The van der Waals surface area contributed by atoms with Crippen LogP contribution in [0.4, 0.5) is 0 Å². The van der Waals surface area contributed by atoms with Gasteiger partial charge in [-0.15, -0.1) is 0 Å². The van der Waals surface area contributed by atoms with E-state index in [-0.39, 0.29) is 5.56 Å². The highest BCUT2D eigenvalue weighted by Gasteiger charge is 2.26. The predicted molar refractivity (Wildman–Crippen MR) is 85.1 cm³/mol. The monoisotopic (exact) mass is 316 g/mol. The average molecular weight is 316 g/mol.